The molecule has 1 amide bonds. The van der Waals surface area contributed by atoms with Crippen LogP contribution in [0.2, 0.25) is 0 Å². The van der Waals surface area contributed by atoms with Crippen LogP contribution in [0.5, 0.6) is 5.75 Å². The van der Waals surface area contributed by atoms with Crippen molar-refractivity contribution < 1.29 is 14.3 Å². The third-order valence-corrected chi connectivity index (χ3v) is 5.25. The van der Waals surface area contributed by atoms with Crippen LogP contribution < -0.4 is 4.74 Å². The number of ether oxygens (including phenoxy) is 2. The Bertz CT molecular complexity index is 574. The molecule has 0 radical (unpaired) electrons. The zero-order valence-electron chi connectivity index (χ0n) is 15.6. The van der Waals surface area contributed by atoms with E-state index in [1.807, 2.05) is 30.9 Å². The molecule has 0 aliphatic carbocycles. The second kappa shape index (κ2) is 8.19. The molecule has 0 spiro atoms. The Morgan fingerprint density at radius 3 is 2.44 bits per heavy atom. The lowest BCUT2D eigenvalue weighted by atomic mass is 9.94. The second-order valence-electron chi connectivity index (χ2n) is 7.36. The number of likely N-dealkylation sites (tertiary alicyclic amines) is 1. The highest BCUT2D eigenvalue weighted by Crippen LogP contribution is 2.25. The molecule has 0 bridgehead atoms. The minimum atomic E-state index is 0.137. The first kappa shape index (κ1) is 18.2. The van der Waals surface area contributed by atoms with Crippen LogP contribution in [-0.4, -0.2) is 61.2 Å². The number of hydrogen-bond acceptors (Lipinski definition) is 4. The van der Waals surface area contributed by atoms with Gasteiger partial charge in [-0.1, -0.05) is 18.2 Å². The van der Waals surface area contributed by atoms with E-state index >= 15 is 0 Å². The molecule has 5 heteroatoms. The van der Waals surface area contributed by atoms with Gasteiger partial charge in [0.15, 0.2) is 0 Å². The Morgan fingerprint density at radius 2 is 1.80 bits per heavy atom. The van der Waals surface area contributed by atoms with E-state index in [0.717, 1.165) is 51.3 Å². The number of rotatable bonds is 4. The zero-order chi connectivity index (χ0) is 17.8. The molecule has 2 aliphatic rings. The summed E-state index contributed by atoms with van der Waals surface area (Å²) < 4.78 is 11.2. The van der Waals surface area contributed by atoms with E-state index in [2.05, 4.69) is 17.0 Å². The highest BCUT2D eigenvalue weighted by atomic mass is 16.5. The maximum atomic E-state index is 12.8. The summed E-state index contributed by atoms with van der Waals surface area (Å²) in [6.45, 7) is 8.36. The van der Waals surface area contributed by atoms with Crippen molar-refractivity contribution in [3.63, 3.8) is 0 Å². The van der Waals surface area contributed by atoms with E-state index in [0.29, 0.717) is 5.91 Å². The van der Waals surface area contributed by atoms with E-state index in [1.54, 1.807) is 7.11 Å². The Kier molecular flexibility index (Phi) is 5.97. The average Bonchev–Trinajstić information content (AvgIpc) is 2.61. The molecule has 1 aromatic carbocycles. The normalized spacial score (nSPS) is 25.8. The molecule has 2 atom stereocenters. The second-order valence-corrected chi connectivity index (χ2v) is 7.36. The third kappa shape index (κ3) is 4.53. The Balaban J connectivity index is 1.52. The van der Waals surface area contributed by atoms with E-state index in [4.69, 9.17) is 9.47 Å². The molecule has 2 heterocycles. The van der Waals surface area contributed by atoms with Crippen molar-refractivity contribution in [3.05, 3.63) is 29.8 Å². The Morgan fingerprint density at radius 1 is 1.16 bits per heavy atom. The van der Waals surface area contributed by atoms with Crippen molar-refractivity contribution in [3.8, 4) is 5.75 Å². The molecule has 0 saturated carbocycles. The van der Waals surface area contributed by atoms with Crippen LogP contribution in [0.1, 0.15) is 32.3 Å². The van der Waals surface area contributed by atoms with Crippen LogP contribution in [0.15, 0.2) is 24.3 Å². The van der Waals surface area contributed by atoms with Crippen molar-refractivity contribution in [1.82, 2.24) is 9.80 Å². The highest BCUT2D eigenvalue weighted by Gasteiger charge is 2.32. The van der Waals surface area contributed by atoms with Gasteiger partial charge in [-0.15, -0.1) is 0 Å². The summed E-state index contributed by atoms with van der Waals surface area (Å²) in [7, 11) is 1.72. The fraction of sp³-hybridized carbons (Fsp3) is 0.650. The van der Waals surface area contributed by atoms with Crippen molar-refractivity contribution in [2.75, 3.05) is 33.3 Å². The van der Waals surface area contributed by atoms with Gasteiger partial charge in [0.25, 0.3) is 0 Å². The predicted octanol–water partition coefficient (Wildman–Crippen LogP) is 2.54. The monoisotopic (exact) mass is 346 g/mol. The van der Waals surface area contributed by atoms with E-state index < -0.39 is 0 Å². The number of carbonyl (C=O) groups excluding carboxylic acids is 1. The van der Waals surface area contributed by atoms with Gasteiger partial charge in [0, 0.05) is 31.1 Å². The summed E-state index contributed by atoms with van der Waals surface area (Å²) in [4.78, 5) is 17.3. The van der Waals surface area contributed by atoms with Crippen LogP contribution in [0, 0.1) is 5.92 Å². The summed E-state index contributed by atoms with van der Waals surface area (Å²) in [5.41, 5.74) is 1.21. The van der Waals surface area contributed by atoms with Crippen LogP contribution in [-0.2, 0) is 16.1 Å². The highest BCUT2D eigenvalue weighted by molar-refractivity contribution is 5.79. The van der Waals surface area contributed by atoms with Crippen molar-refractivity contribution in [1.29, 1.82) is 0 Å². The summed E-state index contributed by atoms with van der Waals surface area (Å²) in [6.07, 6.45) is 2.15. The molecule has 2 aliphatic heterocycles. The van der Waals surface area contributed by atoms with E-state index in [9.17, 15) is 4.79 Å². The zero-order valence-corrected chi connectivity index (χ0v) is 15.6. The molecule has 138 valence electrons. The van der Waals surface area contributed by atoms with Crippen molar-refractivity contribution >= 4 is 5.91 Å². The number of benzene rings is 1. The number of morpholine rings is 1. The SMILES string of the molecule is COc1ccccc1CN1CCC(C(=O)N2C[C@H](C)O[C@@H](C)C2)CC1. The van der Waals surface area contributed by atoms with Crippen LogP contribution in [0.3, 0.4) is 0 Å². The summed E-state index contributed by atoms with van der Waals surface area (Å²) in [5.74, 6) is 1.42. The lowest BCUT2D eigenvalue weighted by molar-refractivity contribution is -0.148. The number of amides is 1. The van der Waals surface area contributed by atoms with Gasteiger partial charge in [-0.2, -0.15) is 0 Å². The van der Waals surface area contributed by atoms with Crippen LogP contribution in [0.4, 0.5) is 0 Å². The number of methoxy groups -OCH3 is 1. The number of hydrogen-bond donors (Lipinski definition) is 0. The first-order valence-electron chi connectivity index (χ1n) is 9.35. The van der Waals surface area contributed by atoms with E-state index in [1.165, 1.54) is 5.56 Å². The summed E-state index contributed by atoms with van der Waals surface area (Å²) in [6, 6.07) is 8.17. The molecular formula is C20H30N2O3. The lowest BCUT2D eigenvalue weighted by Gasteiger charge is -2.39. The standard InChI is InChI=1S/C20H30N2O3/c1-15-12-22(13-16(2)25-15)20(23)17-8-10-21(11-9-17)14-18-6-4-5-7-19(18)24-3/h4-7,15-17H,8-14H2,1-3H3/t15-,16-/m0/s1. The molecule has 5 nitrogen and oxygen atoms in total. The van der Waals surface area contributed by atoms with Gasteiger partial charge in [-0.25, -0.2) is 0 Å². The van der Waals surface area contributed by atoms with Crippen LogP contribution in [0.25, 0.3) is 0 Å². The van der Waals surface area contributed by atoms with Crippen LogP contribution >= 0.6 is 0 Å². The molecule has 2 saturated heterocycles. The maximum absolute atomic E-state index is 12.8. The van der Waals surface area contributed by atoms with E-state index in [-0.39, 0.29) is 18.1 Å². The third-order valence-electron chi connectivity index (χ3n) is 5.25. The van der Waals surface area contributed by atoms with Gasteiger partial charge in [0.2, 0.25) is 5.91 Å². The summed E-state index contributed by atoms with van der Waals surface area (Å²) >= 11 is 0. The maximum Gasteiger partial charge on any atom is 0.225 e. The lowest BCUT2D eigenvalue weighted by Crippen LogP contribution is -2.51. The van der Waals surface area contributed by atoms with Gasteiger partial charge in [0.1, 0.15) is 5.75 Å². The van der Waals surface area contributed by atoms with Gasteiger partial charge >= 0.3 is 0 Å². The molecule has 3 rings (SSSR count). The first-order chi connectivity index (χ1) is 12.1. The topological polar surface area (TPSA) is 42.0 Å². The minimum Gasteiger partial charge on any atom is -0.496 e. The van der Waals surface area contributed by atoms with Gasteiger partial charge in [-0.05, 0) is 45.8 Å². The molecule has 2 fully saturated rings. The molecule has 0 unspecified atom stereocenters. The van der Waals surface area contributed by atoms with Crippen molar-refractivity contribution in [2.45, 2.75) is 45.4 Å². The fourth-order valence-corrected chi connectivity index (χ4v) is 4.03. The Hall–Kier alpha value is -1.59. The largest absolute Gasteiger partial charge is 0.496 e. The van der Waals surface area contributed by atoms with Crippen molar-refractivity contribution in [2.24, 2.45) is 5.92 Å². The smallest absolute Gasteiger partial charge is 0.225 e. The average molecular weight is 346 g/mol. The number of carbonyl (C=O) groups is 1. The molecule has 0 N–H and O–H groups in total. The number of piperidine rings is 1. The molecular weight excluding hydrogens is 316 g/mol. The van der Waals surface area contributed by atoms with Gasteiger partial charge < -0.3 is 14.4 Å². The number of para-hydroxylation sites is 1. The number of nitrogens with zero attached hydrogens (tertiary/aromatic N) is 2. The molecule has 1 aromatic rings. The quantitative estimate of drug-likeness (QED) is 0.840. The van der Waals surface area contributed by atoms with Gasteiger partial charge in [0.05, 0.1) is 19.3 Å². The molecule has 25 heavy (non-hydrogen) atoms. The summed E-state index contributed by atoms with van der Waals surface area (Å²) in [5, 5.41) is 0. The minimum absolute atomic E-state index is 0.137. The Labute approximate surface area is 150 Å². The fourth-order valence-electron chi connectivity index (χ4n) is 4.03. The first-order valence-corrected chi connectivity index (χ1v) is 9.35. The predicted molar refractivity (Wildman–Crippen MR) is 97.6 cm³/mol. The van der Waals surface area contributed by atoms with Gasteiger partial charge in [-0.3, -0.25) is 9.69 Å². The molecule has 0 aromatic heterocycles.